The molecule has 2 atom stereocenters. The first-order valence-electron chi connectivity index (χ1n) is 8.74. The van der Waals surface area contributed by atoms with Crippen molar-refractivity contribution in [2.75, 3.05) is 6.61 Å². The number of hydrogen-bond donors (Lipinski definition) is 2. The summed E-state index contributed by atoms with van der Waals surface area (Å²) in [7, 11) is 0. The quantitative estimate of drug-likeness (QED) is 0.856. The van der Waals surface area contributed by atoms with Crippen LogP contribution in [0.3, 0.4) is 0 Å². The normalized spacial score (nSPS) is 19.9. The van der Waals surface area contributed by atoms with E-state index in [9.17, 15) is 9.59 Å². The molecule has 0 unspecified atom stereocenters. The number of benzene rings is 1. The minimum Gasteiger partial charge on any atom is -0.478 e. The Kier molecular flexibility index (Phi) is 5.42. The van der Waals surface area contributed by atoms with Gasteiger partial charge in [-0.05, 0) is 38.3 Å². The molecule has 1 aromatic carbocycles. The number of aromatic carboxylic acids is 1. The molecule has 0 saturated carbocycles. The first-order chi connectivity index (χ1) is 12.5. The van der Waals surface area contributed by atoms with Gasteiger partial charge in [-0.3, -0.25) is 4.79 Å². The molecule has 2 N–H and O–H groups in total. The van der Waals surface area contributed by atoms with Gasteiger partial charge in [0.25, 0.3) is 0 Å². The second-order valence-corrected chi connectivity index (χ2v) is 6.66. The fourth-order valence-corrected chi connectivity index (χ4v) is 3.28. The Labute approximate surface area is 152 Å². The van der Waals surface area contributed by atoms with E-state index in [4.69, 9.17) is 14.3 Å². The summed E-state index contributed by atoms with van der Waals surface area (Å²) in [6.45, 7) is 4.41. The van der Waals surface area contributed by atoms with Gasteiger partial charge < -0.3 is 19.6 Å². The van der Waals surface area contributed by atoms with Crippen molar-refractivity contribution in [3.63, 3.8) is 0 Å². The Bertz CT molecular complexity index is 793. The van der Waals surface area contributed by atoms with E-state index in [2.05, 4.69) is 5.32 Å². The molecule has 2 heterocycles. The minimum atomic E-state index is -1.04. The van der Waals surface area contributed by atoms with E-state index in [1.54, 1.807) is 6.92 Å². The van der Waals surface area contributed by atoms with Crippen LogP contribution in [0.25, 0.3) is 0 Å². The molecular weight excluding hydrogens is 334 g/mol. The van der Waals surface area contributed by atoms with Gasteiger partial charge in [0.2, 0.25) is 5.91 Å². The summed E-state index contributed by atoms with van der Waals surface area (Å²) in [5, 5.41) is 11.9. The number of carbonyl (C=O) groups is 2. The number of furan rings is 1. The second kappa shape index (κ2) is 7.74. The molecule has 1 amide bonds. The Balaban J connectivity index is 1.68. The van der Waals surface area contributed by atoms with Gasteiger partial charge in [-0.2, -0.15) is 0 Å². The zero-order valence-electron chi connectivity index (χ0n) is 15.0. The molecule has 3 rings (SSSR count). The van der Waals surface area contributed by atoms with E-state index in [-0.39, 0.29) is 30.0 Å². The molecule has 6 nitrogen and oxygen atoms in total. The van der Waals surface area contributed by atoms with E-state index in [0.29, 0.717) is 18.1 Å². The summed E-state index contributed by atoms with van der Waals surface area (Å²) in [5.74, 6) is -0.663. The standard InChI is InChI=1S/C20H23NO5/c1-12-5-7-14(8-6-12)18-16(4-3-9-25-18)19(22)21-11-15-10-17(20(23)24)13(2)26-15/h5-8,10,16,18H,3-4,9,11H2,1-2H3,(H,21,22)(H,23,24)/t16-,18-/m0/s1. The van der Waals surface area contributed by atoms with Crippen molar-refractivity contribution in [1.29, 1.82) is 0 Å². The molecule has 1 aromatic heterocycles. The van der Waals surface area contributed by atoms with Crippen LogP contribution in [0.1, 0.15) is 52.0 Å². The highest BCUT2D eigenvalue weighted by atomic mass is 16.5. The molecule has 138 valence electrons. The van der Waals surface area contributed by atoms with E-state index in [0.717, 1.165) is 24.0 Å². The van der Waals surface area contributed by atoms with Crippen LogP contribution in [0, 0.1) is 19.8 Å². The molecule has 1 fully saturated rings. The molecule has 2 aromatic rings. The van der Waals surface area contributed by atoms with E-state index in [1.165, 1.54) is 6.07 Å². The molecule has 1 aliphatic heterocycles. The third-order valence-electron chi connectivity index (χ3n) is 4.70. The summed E-state index contributed by atoms with van der Waals surface area (Å²) in [6, 6.07) is 9.48. The number of aryl methyl sites for hydroxylation is 2. The summed E-state index contributed by atoms with van der Waals surface area (Å²) in [6.07, 6.45) is 1.32. The van der Waals surface area contributed by atoms with Crippen molar-refractivity contribution in [3.05, 3.63) is 58.5 Å². The van der Waals surface area contributed by atoms with Crippen LogP contribution in [0.15, 0.2) is 34.7 Å². The van der Waals surface area contributed by atoms with Crippen molar-refractivity contribution in [1.82, 2.24) is 5.32 Å². The molecule has 0 spiro atoms. The van der Waals surface area contributed by atoms with Gasteiger partial charge in [-0.15, -0.1) is 0 Å². The van der Waals surface area contributed by atoms with Crippen molar-refractivity contribution in [2.45, 2.75) is 39.3 Å². The van der Waals surface area contributed by atoms with Gasteiger partial charge in [-0.25, -0.2) is 4.79 Å². The third kappa shape index (κ3) is 3.96. The number of carbonyl (C=O) groups excluding carboxylic acids is 1. The first-order valence-corrected chi connectivity index (χ1v) is 8.74. The lowest BCUT2D eigenvalue weighted by molar-refractivity contribution is -0.135. The third-order valence-corrected chi connectivity index (χ3v) is 4.70. The van der Waals surface area contributed by atoms with Gasteiger partial charge in [0, 0.05) is 6.61 Å². The molecule has 0 bridgehead atoms. The maximum Gasteiger partial charge on any atom is 0.339 e. The van der Waals surface area contributed by atoms with Crippen LogP contribution in [0.2, 0.25) is 0 Å². The topological polar surface area (TPSA) is 88.8 Å². The lowest BCUT2D eigenvalue weighted by atomic mass is 9.88. The first kappa shape index (κ1) is 18.2. The van der Waals surface area contributed by atoms with Crippen molar-refractivity contribution >= 4 is 11.9 Å². The average molecular weight is 357 g/mol. The predicted molar refractivity (Wildman–Crippen MR) is 94.8 cm³/mol. The molecular formula is C20H23NO5. The molecule has 6 heteroatoms. The number of carboxylic acid groups (broad SMARTS) is 1. The number of rotatable bonds is 5. The molecule has 0 aliphatic carbocycles. The lowest BCUT2D eigenvalue weighted by Gasteiger charge is -2.31. The number of nitrogens with one attached hydrogen (secondary N) is 1. The largest absolute Gasteiger partial charge is 0.478 e. The van der Waals surface area contributed by atoms with Crippen LogP contribution in [0.4, 0.5) is 0 Å². The summed E-state index contributed by atoms with van der Waals surface area (Å²) < 4.78 is 11.3. The van der Waals surface area contributed by atoms with Crippen molar-refractivity contribution < 1.29 is 23.8 Å². The van der Waals surface area contributed by atoms with Crippen molar-refractivity contribution in [3.8, 4) is 0 Å². The van der Waals surface area contributed by atoms with Crippen LogP contribution in [-0.4, -0.2) is 23.6 Å². The number of carboxylic acids is 1. The highest BCUT2D eigenvalue weighted by molar-refractivity contribution is 5.88. The SMILES string of the molecule is Cc1ccc([C@@H]2OCCC[C@@H]2C(=O)NCc2cc(C(=O)O)c(C)o2)cc1. The Morgan fingerprint density at radius 1 is 1.23 bits per heavy atom. The molecule has 1 saturated heterocycles. The zero-order chi connectivity index (χ0) is 18.7. The Morgan fingerprint density at radius 2 is 1.96 bits per heavy atom. The fourth-order valence-electron chi connectivity index (χ4n) is 3.28. The highest BCUT2D eigenvalue weighted by Crippen LogP contribution is 2.34. The summed E-state index contributed by atoms with van der Waals surface area (Å²) in [5.41, 5.74) is 2.28. The van der Waals surface area contributed by atoms with E-state index < -0.39 is 5.97 Å². The van der Waals surface area contributed by atoms with Crippen LogP contribution < -0.4 is 5.32 Å². The van der Waals surface area contributed by atoms with Gasteiger partial charge in [0.05, 0.1) is 18.6 Å². The number of amides is 1. The maximum atomic E-state index is 12.7. The van der Waals surface area contributed by atoms with Crippen LogP contribution in [0.5, 0.6) is 0 Å². The predicted octanol–water partition coefficient (Wildman–Crippen LogP) is 3.38. The monoisotopic (exact) mass is 357 g/mol. The maximum absolute atomic E-state index is 12.7. The van der Waals surface area contributed by atoms with Gasteiger partial charge in [0.1, 0.15) is 17.1 Å². The van der Waals surface area contributed by atoms with Crippen LogP contribution >= 0.6 is 0 Å². The minimum absolute atomic E-state index is 0.110. The van der Waals surface area contributed by atoms with Gasteiger partial charge in [-0.1, -0.05) is 29.8 Å². The average Bonchev–Trinajstić information content (AvgIpc) is 3.01. The zero-order valence-corrected chi connectivity index (χ0v) is 15.0. The number of ether oxygens (including phenoxy) is 1. The van der Waals surface area contributed by atoms with Gasteiger partial charge in [0.15, 0.2) is 0 Å². The Morgan fingerprint density at radius 3 is 2.62 bits per heavy atom. The van der Waals surface area contributed by atoms with E-state index >= 15 is 0 Å². The lowest BCUT2D eigenvalue weighted by Crippen LogP contribution is -2.37. The second-order valence-electron chi connectivity index (χ2n) is 6.66. The smallest absolute Gasteiger partial charge is 0.339 e. The molecule has 26 heavy (non-hydrogen) atoms. The Hall–Kier alpha value is -2.60. The summed E-state index contributed by atoms with van der Waals surface area (Å²) >= 11 is 0. The van der Waals surface area contributed by atoms with E-state index in [1.807, 2.05) is 31.2 Å². The molecule has 1 aliphatic rings. The summed E-state index contributed by atoms with van der Waals surface area (Å²) in [4.78, 5) is 23.8. The van der Waals surface area contributed by atoms with Gasteiger partial charge >= 0.3 is 5.97 Å². The fraction of sp³-hybridized carbons (Fsp3) is 0.400. The number of hydrogen-bond acceptors (Lipinski definition) is 4. The highest BCUT2D eigenvalue weighted by Gasteiger charge is 2.33. The molecule has 0 radical (unpaired) electrons. The van der Waals surface area contributed by atoms with Crippen molar-refractivity contribution in [2.24, 2.45) is 5.92 Å². The van der Waals surface area contributed by atoms with Crippen LogP contribution in [-0.2, 0) is 16.1 Å².